The van der Waals surface area contributed by atoms with E-state index in [9.17, 15) is 20.4 Å². The lowest BCUT2D eigenvalue weighted by Crippen LogP contribution is -2.69. The third kappa shape index (κ3) is 3.01. The summed E-state index contributed by atoms with van der Waals surface area (Å²) in [7, 11) is 0. The van der Waals surface area contributed by atoms with E-state index in [1.165, 1.54) is 4.88 Å². The Morgan fingerprint density at radius 1 is 1.08 bits per heavy atom. The van der Waals surface area contributed by atoms with E-state index in [4.69, 9.17) is 0 Å². The third-order valence-corrected chi connectivity index (χ3v) is 5.84. The summed E-state index contributed by atoms with van der Waals surface area (Å²) in [5.41, 5.74) is -0.394. The second kappa shape index (κ2) is 7.31. The molecule has 4 N–H and O–H groups in total. The first-order valence-corrected chi connectivity index (χ1v) is 8.95. The van der Waals surface area contributed by atoms with Crippen LogP contribution in [0.25, 0.3) is 0 Å². The predicted molar refractivity (Wildman–Crippen MR) is 92.8 cm³/mol. The highest BCUT2D eigenvalue weighted by Crippen LogP contribution is 2.38. The molecule has 24 heavy (non-hydrogen) atoms. The highest BCUT2D eigenvalue weighted by Gasteiger charge is 2.53. The van der Waals surface area contributed by atoms with Crippen molar-refractivity contribution in [1.29, 1.82) is 0 Å². The van der Waals surface area contributed by atoms with Gasteiger partial charge in [-0.05, 0) is 23.4 Å². The van der Waals surface area contributed by atoms with E-state index in [0.717, 1.165) is 12.0 Å². The summed E-state index contributed by atoms with van der Waals surface area (Å²) < 4.78 is 0. The Hall–Kier alpha value is -1.28. The maximum atomic E-state index is 10.7. The summed E-state index contributed by atoms with van der Waals surface area (Å²) in [6.07, 6.45) is -2.87. The molecule has 1 fully saturated rings. The predicted octanol–water partition coefficient (Wildman–Crippen LogP) is 0.577. The van der Waals surface area contributed by atoms with Gasteiger partial charge in [-0.3, -0.25) is 4.90 Å². The van der Waals surface area contributed by atoms with Gasteiger partial charge >= 0.3 is 0 Å². The Morgan fingerprint density at radius 2 is 1.83 bits per heavy atom. The Morgan fingerprint density at radius 3 is 2.46 bits per heavy atom. The van der Waals surface area contributed by atoms with Gasteiger partial charge in [0.1, 0.15) is 12.2 Å². The SMILES string of the molecule is OC[C@]1(c2ccccc2)[C@@H](O)[C@H](O)[C@@H](O)CN1CCc1cccs1. The molecule has 130 valence electrons. The summed E-state index contributed by atoms with van der Waals surface area (Å²) in [6.45, 7) is 0.419. The number of thiophene rings is 1. The molecule has 0 radical (unpaired) electrons. The fourth-order valence-electron chi connectivity index (χ4n) is 3.53. The molecule has 1 aromatic carbocycles. The van der Waals surface area contributed by atoms with Crippen molar-refractivity contribution in [3.63, 3.8) is 0 Å². The number of likely N-dealkylation sites (tertiary alicyclic amines) is 1. The van der Waals surface area contributed by atoms with Crippen LogP contribution in [0.15, 0.2) is 47.8 Å². The van der Waals surface area contributed by atoms with Crippen LogP contribution in [0.2, 0.25) is 0 Å². The smallest absolute Gasteiger partial charge is 0.109 e. The maximum Gasteiger partial charge on any atom is 0.109 e. The summed E-state index contributed by atoms with van der Waals surface area (Å²) in [4.78, 5) is 3.09. The molecule has 0 unspecified atom stereocenters. The molecule has 2 heterocycles. The minimum atomic E-state index is -1.30. The molecule has 0 amide bonds. The first kappa shape index (κ1) is 17.5. The summed E-state index contributed by atoms with van der Waals surface area (Å²) in [5, 5.41) is 43.3. The third-order valence-electron chi connectivity index (χ3n) is 4.90. The first-order valence-electron chi connectivity index (χ1n) is 8.07. The second-order valence-electron chi connectivity index (χ2n) is 6.23. The van der Waals surface area contributed by atoms with Crippen LogP contribution in [0, 0.1) is 0 Å². The zero-order valence-corrected chi connectivity index (χ0v) is 14.1. The van der Waals surface area contributed by atoms with E-state index in [1.54, 1.807) is 11.3 Å². The number of aliphatic hydroxyl groups excluding tert-OH is 4. The van der Waals surface area contributed by atoms with E-state index in [2.05, 4.69) is 0 Å². The van der Waals surface area contributed by atoms with Gasteiger partial charge in [0, 0.05) is 18.0 Å². The van der Waals surface area contributed by atoms with Crippen molar-refractivity contribution in [2.24, 2.45) is 0 Å². The topological polar surface area (TPSA) is 84.2 Å². The van der Waals surface area contributed by atoms with Crippen LogP contribution in [-0.4, -0.2) is 63.3 Å². The fourth-order valence-corrected chi connectivity index (χ4v) is 4.23. The maximum absolute atomic E-state index is 10.7. The standard InChI is InChI=1S/C18H23NO4S/c20-12-18(13-5-2-1-3-6-13)17(23)16(22)15(21)11-19(18)9-8-14-7-4-10-24-14/h1-7,10,15-17,20-23H,8-9,11-12H2/t15-,16+,17-,18-/m0/s1. The monoisotopic (exact) mass is 349 g/mol. The van der Waals surface area contributed by atoms with Gasteiger partial charge in [-0.25, -0.2) is 0 Å². The van der Waals surface area contributed by atoms with Crippen LogP contribution in [-0.2, 0) is 12.0 Å². The summed E-state index contributed by atoms with van der Waals surface area (Å²) in [5.74, 6) is 0. The zero-order chi connectivity index (χ0) is 17.2. The van der Waals surface area contributed by atoms with Crippen molar-refractivity contribution in [1.82, 2.24) is 4.90 Å². The summed E-state index contributed by atoms with van der Waals surface area (Å²) >= 11 is 1.65. The van der Waals surface area contributed by atoms with Crippen molar-refractivity contribution in [3.8, 4) is 0 Å². The highest BCUT2D eigenvalue weighted by atomic mass is 32.1. The van der Waals surface area contributed by atoms with Gasteiger partial charge in [0.15, 0.2) is 0 Å². The van der Waals surface area contributed by atoms with E-state index < -0.39 is 23.9 Å². The fraction of sp³-hybridized carbons (Fsp3) is 0.444. The van der Waals surface area contributed by atoms with Gasteiger partial charge in [-0.1, -0.05) is 36.4 Å². The number of hydrogen-bond acceptors (Lipinski definition) is 6. The molecule has 5 nitrogen and oxygen atoms in total. The van der Waals surface area contributed by atoms with Gasteiger partial charge in [0.25, 0.3) is 0 Å². The van der Waals surface area contributed by atoms with Gasteiger partial charge in [-0.2, -0.15) is 0 Å². The van der Waals surface area contributed by atoms with Gasteiger partial charge in [0.2, 0.25) is 0 Å². The number of benzene rings is 1. The van der Waals surface area contributed by atoms with E-state index in [0.29, 0.717) is 6.54 Å². The van der Waals surface area contributed by atoms with Crippen molar-refractivity contribution >= 4 is 11.3 Å². The van der Waals surface area contributed by atoms with E-state index in [-0.39, 0.29) is 13.2 Å². The minimum Gasteiger partial charge on any atom is -0.394 e. The molecule has 1 aliphatic heterocycles. The van der Waals surface area contributed by atoms with Crippen molar-refractivity contribution < 1.29 is 20.4 Å². The highest BCUT2D eigenvalue weighted by molar-refractivity contribution is 7.09. The van der Waals surface area contributed by atoms with Gasteiger partial charge in [0.05, 0.1) is 18.2 Å². The van der Waals surface area contributed by atoms with Crippen molar-refractivity contribution in [2.45, 2.75) is 30.3 Å². The number of aliphatic hydroxyl groups is 4. The van der Waals surface area contributed by atoms with Crippen LogP contribution in [0.4, 0.5) is 0 Å². The molecule has 1 saturated heterocycles. The van der Waals surface area contributed by atoms with E-state index >= 15 is 0 Å². The van der Waals surface area contributed by atoms with Gasteiger partial charge < -0.3 is 20.4 Å². The average Bonchev–Trinajstić information content (AvgIpc) is 3.13. The number of hydrogen-bond donors (Lipinski definition) is 4. The van der Waals surface area contributed by atoms with Gasteiger partial charge in [-0.15, -0.1) is 11.3 Å². The average molecular weight is 349 g/mol. The zero-order valence-electron chi connectivity index (χ0n) is 13.3. The minimum absolute atomic E-state index is 0.194. The molecule has 0 bridgehead atoms. The quantitative estimate of drug-likeness (QED) is 0.635. The Bertz CT molecular complexity index is 636. The molecule has 6 heteroatoms. The molecule has 2 aromatic rings. The van der Waals surface area contributed by atoms with Crippen LogP contribution in [0.3, 0.4) is 0 Å². The molecule has 4 atom stereocenters. The lowest BCUT2D eigenvalue weighted by molar-refractivity contribution is -0.191. The molecule has 1 aliphatic rings. The molecular weight excluding hydrogens is 326 g/mol. The lowest BCUT2D eigenvalue weighted by Gasteiger charge is -2.52. The number of nitrogens with zero attached hydrogens (tertiary/aromatic N) is 1. The molecule has 0 saturated carbocycles. The van der Waals surface area contributed by atoms with Crippen molar-refractivity contribution in [2.75, 3.05) is 19.7 Å². The molecule has 0 aliphatic carbocycles. The number of β-amino-alcohol motifs (C(OH)–C–C–N with tert-alkyl or cyclic N) is 1. The molecule has 3 rings (SSSR count). The second-order valence-corrected chi connectivity index (χ2v) is 7.26. The first-order chi connectivity index (χ1) is 11.6. The van der Waals surface area contributed by atoms with Crippen LogP contribution in [0.1, 0.15) is 10.4 Å². The Labute approximate surface area is 145 Å². The number of piperidine rings is 1. The molecular formula is C18H23NO4S. The van der Waals surface area contributed by atoms with E-state index in [1.807, 2.05) is 52.7 Å². The molecule has 0 spiro atoms. The van der Waals surface area contributed by atoms with Crippen molar-refractivity contribution in [3.05, 3.63) is 58.3 Å². The Kier molecular flexibility index (Phi) is 5.34. The molecule has 1 aromatic heterocycles. The number of rotatable bonds is 5. The van der Waals surface area contributed by atoms with Crippen LogP contribution >= 0.6 is 11.3 Å². The normalized spacial score (nSPS) is 31.2. The Balaban J connectivity index is 1.95. The lowest BCUT2D eigenvalue weighted by atomic mass is 9.76. The summed E-state index contributed by atoms with van der Waals surface area (Å²) in [6, 6.07) is 13.2. The van der Waals surface area contributed by atoms with Crippen LogP contribution < -0.4 is 0 Å². The van der Waals surface area contributed by atoms with Crippen LogP contribution in [0.5, 0.6) is 0 Å². The largest absolute Gasteiger partial charge is 0.394 e.